The van der Waals surface area contributed by atoms with Crippen LogP contribution in [0, 0.1) is 6.92 Å². The molecule has 0 radical (unpaired) electrons. The molecular weight excluding hydrogens is 262 g/mol. The summed E-state index contributed by atoms with van der Waals surface area (Å²) in [6.45, 7) is 5.12. The summed E-state index contributed by atoms with van der Waals surface area (Å²) >= 11 is 0. The summed E-state index contributed by atoms with van der Waals surface area (Å²) in [6.07, 6.45) is 0. The fraction of sp³-hybridized carbons (Fsp3) is 0.333. The third-order valence-corrected chi connectivity index (χ3v) is 3.42. The highest BCUT2D eigenvalue weighted by atomic mass is 16.5. The van der Waals surface area contributed by atoms with Gasteiger partial charge in [-0.2, -0.15) is 0 Å². The third-order valence-electron chi connectivity index (χ3n) is 3.42. The van der Waals surface area contributed by atoms with Crippen LogP contribution < -0.4 is 4.74 Å². The Balaban J connectivity index is 1.84. The second-order valence-corrected chi connectivity index (χ2v) is 5.10. The number of para-hydroxylation sites is 1. The van der Waals surface area contributed by atoms with E-state index in [-0.39, 0.29) is 6.61 Å². The van der Waals surface area contributed by atoms with Gasteiger partial charge >= 0.3 is 0 Å². The van der Waals surface area contributed by atoms with E-state index >= 15 is 0 Å². The maximum absolute atomic E-state index is 9.19. The number of aryl methyl sites for hydroxylation is 1. The second-order valence-electron chi connectivity index (χ2n) is 5.10. The lowest BCUT2D eigenvalue weighted by molar-refractivity contribution is 0.163. The molecule has 0 aliphatic heterocycles. The van der Waals surface area contributed by atoms with Crippen molar-refractivity contribution in [2.75, 3.05) is 26.3 Å². The first-order chi connectivity index (χ1) is 10.3. The second kappa shape index (κ2) is 8.45. The van der Waals surface area contributed by atoms with Crippen LogP contribution in [0.5, 0.6) is 5.75 Å². The van der Waals surface area contributed by atoms with Crippen LogP contribution in [0.2, 0.25) is 0 Å². The largest absolute Gasteiger partial charge is 0.492 e. The van der Waals surface area contributed by atoms with Crippen LogP contribution in [0.15, 0.2) is 54.6 Å². The third kappa shape index (κ3) is 5.21. The van der Waals surface area contributed by atoms with Crippen LogP contribution in [0.3, 0.4) is 0 Å². The first-order valence-electron chi connectivity index (χ1n) is 7.35. The van der Waals surface area contributed by atoms with Crippen molar-refractivity contribution < 1.29 is 9.84 Å². The van der Waals surface area contributed by atoms with E-state index in [1.54, 1.807) is 0 Å². The summed E-state index contributed by atoms with van der Waals surface area (Å²) in [7, 11) is 0. The van der Waals surface area contributed by atoms with E-state index in [4.69, 9.17) is 4.74 Å². The molecule has 0 aliphatic rings. The molecule has 0 saturated carbocycles. The molecule has 0 aliphatic carbocycles. The van der Waals surface area contributed by atoms with E-state index in [0.29, 0.717) is 13.2 Å². The first kappa shape index (κ1) is 15.5. The molecule has 0 saturated heterocycles. The van der Waals surface area contributed by atoms with E-state index < -0.39 is 0 Å². The first-order valence-corrected chi connectivity index (χ1v) is 7.35. The summed E-state index contributed by atoms with van der Waals surface area (Å²) in [6, 6.07) is 18.3. The molecule has 21 heavy (non-hydrogen) atoms. The lowest BCUT2D eigenvalue weighted by atomic mass is 10.2. The number of hydrogen-bond donors (Lipinski definition) is 1. The van der Waals surface area contributed by atoms with Gasteiger partial charge in [0.15, 0.2) is 0 Å². The SMILES string of the molecule is Cc1ccccc1OCCN(CCO)Cc1ccccc1. The zero-order chi connectivity index (χ0) is 14.9. The predicted molar refractivity (Wildman–Crippen MR) is 85.5 cm³/mol. The fourth-order valence-electron chi connectivity index (χ4n) is 2.26. The minimum atomic E-state index is 0.164. The zero-order valence-corrected chi connectivity index (χ0v) is 12.5. The molecule has 0 aromatic heterocycles. The number of benzene rings is 2. The molecule has 0 unspecified atom stereocenters. The summed E-state index contributed by atoms with van der Waals surface area (Å²) < 4.78 is 5.83. The molecule has 2 rings (SSSR count). The van der Waals surface area contributed by atoms with Crippen molar-refractivity contribution in [3.63, 3.8) is 0 Å². The summed E-state index contributed by atoms with van der Waals surface area (Å²) in [5.41, 5.74) is 2.40. The van der Waals surface area contributed by atoms with Gasteiger partial charge in [-0.1, -0.05) is 48.5 Å². The molecule has 2 aromatic carbocycles. The molecule has 0 spiro atoms. The Morgan fingerprint density at radius 2 is 1.67 bits per heavy atom. The van der Waals surface area contributed by atoms with Gasteiger partial charge in [0, 0.05) is 19.6 Å². The molecule has 112 valence electrons. The average Bonchev–Trinajstić information content (AvgIpc) is 2.50. The van der Waals surface area contributed by atoms with Crippen molar-refractivity contribution in [3.8, 4) is 5.75 Å². The van der Waals surface area contributed by atoms with Gasteiger partial charge in [0.25, 0.3) is 0 Å². The molecule has 0 bridgehead atoms. The van der Waals surface area contributed by atoms with E-state index in [0.717, 1.165) is 24.4 Å². The molecule has 0 heterocycles. The van der Waals surface area contributed by atoms with Crippen molar-refractivity contribution >= 4 is 0 Å². The molecule has 3 nitrogen and oxygen atoms in total. The molecule has 1 N–H and O–H groups in total. The smallest absolute Gasteiger partial charge is 0.122 e. The Morgan fingerprint density at radius 1 is 0.952 bits per heavy atom. The summed E-state index contributed by atoms with van der Waals surface area (Å²) in [5.74, 6) is 0.932. The molecule has 0 amide bonds. The quantitative estimate of drug-likeness (QED) is 0.809. The van der Waals surface area contributed by atoms with Crippen molar-refractivity contribution in [3.05, 3.63) is 65.7 Å². The number of aliphatic hydroxyl groups excluding tert-OH is 1. The monoisotopic (exact) mass is 285 g/mol. The Bertz CT molecular complexity index is 528. The lowest BCUT2D eigenvalue weighted by Crippen LogP contribution is -2.30. The minimum absolute atomic E-state index is 0.164. The van der Waals surface area contributed by atoms with E-state index in [1.807, 2.05) is 49.4 Å². The normalized spacial score (nSPS) is 10.8. The van der Waals surface area contributed by atoms with Gasteiger partial charge in [0.1, 0.15) is 12.4 Å². The number of nitrogens with zero attached hydrogens (tertiary/aromatic N) is 1. The van der Waals surface area contributed by atoms with Crippen LogP contribution >= 0.6 is 0 Å². The predicted octanol–water partition coefficient (Wildman–Crippen LogP) is 2.87. The Kier molecular flexibility index (Phi) is 6.25. The zero-order valence-electron chi connectivity index (χ0n) is 12.5. The standard InChI is InChI=1S/C18H23NO2/c1-16-7-5-6-10-18(16)21-14-12-19(11-13-20)15-17-8-3-2-4-9-17/h2-10,20H,11-15H2,1H3. The van der Waals surface area contributed by atoms with E-state index in [2.05, 4.69) is 17.0 Å². The molecular formula is C18H23NO2. The van der Waals surface area contributed by atoms with Gasteiger partial charge in [0.05, 0.1) is 6.61 Å². The summed E-state index contributed by atoms with van der Waals surface area (Å²) in [5, 5.41) is 9.19. The van der Waals surface area contributed by atoms with Gasteiger partial charge in [-0.15, -0.1) is 0 Å². The van der Waals surface area contributed by atoms with Crippen LogP contribution in [-0.4, -0.2) is 36.3 Å². The molecule has 0 fully saturated rings. The molecule has 2 aromatic rings. The van der Waals surface area contributed by atoms with Crippen LogP contribution in [0.1, 0.15) is 11.1 Å². The highest BCUT2D eigenvalue weighted by molar-refractivity contribution is 5.31. The van der Waals surface area contributed by atoms with Gasteiger partial charge < -0.3 is 9.84 Å². The molecule has 0 atom stereocenters. The fourth-order valence-corrected chi connectivity index (χ4v) is 2.26. The van der Waals surface area contributed by atoms with Crippen LogP contribution in [0.25, 0.3) is 0 Å². The number of ether oxygens (including phenoxy) is 1. The number of rotatable bonds is 8. The number of hydrogen-bond acceptors (Lipinski definition) is 3. The topological polar surface area (TPSA) is 32.7 Å². The Labute approximate surface area is 126 Å². The van der Waals surface area contributed by atoms with Crippen LogP contribution in [0.4, 0.5) is 0 Å². The summed E-state index contributed by atoms with van der Waals surface area (Å²) in [4.78, 5) is 2.20. The molecule has 3 heteroatoms. The van der Waals surface area contributed by atoms with E-state index in [9.17, 15) is 5.11 Å². The van der Waals surface area contributed by atoms with Gasteiger partial charge in [-0.05, 0) is 24.1 Å². The van der Waals surface area contributed by atoms with Crippen molar-refractivity contribution in [2.24, 2.45) is 0 Å². The van der Waals surface area contributed by atoms with Crippen molar-refractivity contribution in [1.29, 1.82) is 0 Å². The van der Waals surface area contributed by atoms with E-state index in [1.165, 1.54) is 5.56 Å². The Hall–Kier alpha value is -1.84. The highest BCUT2D eigenvalue weighted by Gasteiger charge is 2.06. The maximum atomic E-state index is 9.19. The van der Waals surface area contributed by atoms with Crippen LogP contribution in [-0.2, 0) is 6.54 Å². The number of aliphatic hydroxyl groups is 1. The average molecular weight is 285 g/mol. The van der Waals surface area contributed by atoms with Crippen molar-refractivity contribution in [2.45, 2.75) is 13.5 Å². The van der Waals surface area contributed by atoms with Gasteiger partial charge in [-0.25, -0.2) is 0 Å². The minimum Gasteiger partial charge on any atom is -0.492 e. The lowest BCUT2D eigenvalue weighted by Gasteiger charge is -2.21. The maximum Gasteiger partial charge on any atom is 0.122 e. The Morgan fingerprint density at radius 3 is 2.38 bits per heavy atom. The van der Waals surface area contributed by atoms with Gasteiger partial charge in [-0.3, -0.25) is 4.90 Å². The highest BCUT2D eigenvalue weighted by Crippen LogP contribution is 2.16. The van der Waals surface area contributed by atoms with Crippen molar-refractivity contribution in [1.82, 2.24) is 4.90 Å². The van der Waals surface area contributed by atoms with Gasteiger partial charge in [0.2, 0.25) is 0 Å².